The molecule has 136 valence electrons. The monoisotopic (exact) mass is 453 g/mol. The highest BCUT2D eigenvalue weighted by Crippen LogP contribution is 2.17. The number of hydrogen-bond donors (Lipinski definition) is 2. The topological polar surface area (TPSA) is 68.2 Å². The van der Waals surface area contributed by atoms with E-state index in [4.69, 9.17) is 5.73 Å². The lowest BCUT2D eigenvalue weighted by molar-refractivity contribution is 0.530. The Kier molecular flexibility index (Phi) is 8.24. The van der Waals surface area contributed by atoms with E-state index in [-0.39, 0.29) is 24.0 Å². The summed E-state index contributed by atoms with van der Waals surface area (Å²) in [6, 6.07) is 10.8. The largest absolute Gasteiger partial charge is 0.370 e. The van der Waals surface area contributed by atoms with Crippen LogP contribution >= 0.6 is 24.0 Å². The molecule has 25 heavy (non-hydrogen) atoms. The first kappa shape index (κ1) is 19.8. The van der Waals surface area contributed by atoms with Gasteiger partial charge in [0.15, 0.2) is 5.96 Å². The highest BCUT2D eigenvalue weighted by Gasteiger charge is 2.12. The summed E-state index contributed by atoms with van der Waals surface area (Å²) < 4.78 is 1.93. The third kappa shape index (κ3) is 6.34. The van der Waals surface area contributed by atoms with Crippen LogP contribution in [0, 0.1) is 0 Å². The van der Waals surface area contributed by atoms with E-state index < -0.39 is 0 Å². The van der Waals surface area contributed by atoms with Gasteiger partial charge >= 0.3 is 0 Å². The fourth-order valence-electron chi connectivity index (χ4n) is 3.28. The summed E-state index contributed by atoms with van der Waals surface area (Å²) in [6.07, 6.45) is 11.4. The van der Waals surface area contributed by atoms with Gasteiger partial charge in [-0.3, -0.25) is 4.68 Å². The molecule has 0 saturated heterocycles. The van der Waals surface area contributed by atoms with E-state index in [0.29, 0.717) is 18.5 Å². The van der Waals surface area contributed by atoms with Crippen LogP contribution in [0.25, 0.3) is 0 Å². The average Bonchev–Trinajstić information content (AvgIpc) is 2.97. The van der Waals surface area contributed by atoms with Crippen molar-refractivity contribution in [1.29, 1.82) is 0 Å². The van der Waals surface area contributed by atoms with E-state index in [2.05, 4.69) is 33.6 Å². The first-order chi connectivity index (χ1) is 11.8. The number of guanidine groups is 1. The minimum absolute atomic E-state index is 0. The van der Waals surface area contributed by atoms with Crippen LogP contribution in [0.1, 0.15) is 49.7 Å². The van der Waals surface area contributed by atoms with E-state index in [9.17, 15) is 0 Å². The lowest BCUT2D eigenvalue weighted by Crippen LogP contribution is -2.39. The molecule has 1 aliphatic rings. The Morgan fingerprint density at radius 3 is 2.52 bits per heavy atom. The lowest BCUT2D eigenvalue weighted by atomic mass is 10.1. The summed E-state index contributed by atoms with van der Waals surface area (Å²) in [5.41, 5.74) is 8.53. The molecule has 0 radical (unpaired) electrons. The van der Waals surface area contributed by atoms with Gasteiger partial charge < -0.3 is 11.1 Å². The molecule has 0 amide bonds. The van der Waals surface area contributed by atoms with E-state index in [1.54, 1.807) is 6.20 Å². The molecule has 6 heteroatoms. The molecular weight excluding hydrogens is 425 g/mol. The lowest BCUT2D eigenvalue weighted by Gasteiger charge is -2.17. The Balaban J connectivity index is 0.00000225. The van der Waals surface area contributed by atoms with Crippen LogP contribution in [-0.2, 0) is 13.1 Å². The summed E-state index contributed by atoms with van der Waals surface area (Å²) >= 11 is 0. The van der Waals surface area contributed by atoms with Crippen LogP contribution in [0.2, 0.25) is 0 Å². The number of nitrogens with zero attached hydrogens (tertiary/aromatic N) is 3. The number of hydrogen-bond acceptors (Lipinski definition) is 2. The van der Waals surface area contributed by atoms with Gasteiger partial charge in [0, 0.05) is 18.4 Å². The van der Waals surface area contributed by atoms with E-state index in [1.165, 1.54) is 49.7 Å². The number of halogens is 1. The van der Waals surface area contributed by atoms with Gasteiger partial charge in [-0.1, -0.05) is 49.9 Å². The molecule has 1 aliphatic carbocycles. The maximum absolute atomic E-state index is 6.11. The maximum Gasteiger partial charge on any atom is 0.189 e. The van der Waals surface area contributed by atoms with Crippen LogP contribution in [0.5, 0.6) is 0 Å². The van der Waals surface area contributed by atoms with Crippen LogP contribution in [0.4, 0.5) is 0 Å². The molecular formula is C19H28IN5. The van der Waals surface area contributed by atoms with Crippen molar-refractivity contribution < 1.29 is 0 Å². The van der Waals surface area contributed by atoms with Gasteiger partial charge in [0.1, 0.15) is 0 Å². The smallest absolute Gasteiger partial charge is 0.189 e. The standard InChI is InChI=1S/C19H27N5.HI/c20-19(23-18-10-3-1-2-4-11-18)21-14-16-8-5-6-9-17(16)15-24-13-7-12-22-24;/h5-9,12-13,18H,1-4,10-11,14-15H2,(H3,20,21,23);1H. The molecule has 0 bridgehead atoms. The Morgan fingerprint density at radius 1 is 1.12 bits per heavy atom. The van der Waals surface area contributed by atoms with Gasteiger partial charge in [0.2, 0.25) is 0 Å². The molecule has 1 aromatic carbocycles. The number of nitrogens with one attached hydrogen (secondary N) is 1. The van der Waals surface area contributed by atoms with Gasteiger partial charge in [0.25, 0.3) is 0 Å². The van der Waals surface area contributed by atoms with Crippen molar-refractivity contribution in [3.63, 3.8) is 0 Å². The second kappa shape index (κ2) is 10.4. The summed E-state index contributed by atoms with van der Waals surface area (Å²) in [6.45, 7) is 1.36. The molecule has 1 aromatic heterocycles. The third-order valence-electron chi connectivity index (χ3n) is 4.64. The normalized spacial score (nSPS) is 16.1. The molecule has 5 nitrogen and oxygen atoms in total. The van der Waals surface area contributed by atoms with Crippen molar-refractivity contribution in [3.8, 4) is 0 Å². The number of aromatic nitrogens is 2. The minimum Gasteiger partial charge on any atom is -0.370 e. The molecule has 0 spiro atoms. The average molecular weight is 453 g/mol. The zero-order valence-corrected chi connectivity index (χ0v) is 16.9. The van der Waals surface area contributed by atoms with Crippen LogP contribution in [0.15, 0.2) is 47.7 Å². The number of nitrogens with two attached hydrogens (primary N) is 1. The molecule has 0 atom stereocenters. The second-order valence-electron chi connectivity index (χ2n) is 6.51. The summed E-state index contributed by atoms with van der Waals surface area (Å²) in [7, 11) is 0. The molecule has 3 rings (SSSR count). The zero-order valence-electron chi connectivity index (χ0n) is 14.6. The van der Waals surface area contributed by atoms with Crippen molar-refractivity contribution in [2.24, 2.45) is 10.7 Å². The Morgan fingerprint density at radius 2 is 1.84 bits per heavy atom. The predicted molar refractivity (Wildman–Crippen MR) is 113 cm³/mol. The van der Waals surface area contributed by atoms with Gasteiger partial charge in [-0.05, 0) is 30.0 Å². The van der Waals surface area contributed by atoms with E-state index in [0.717, 1.165) is 6.54 Å². The highest BCUT2D eigenvalue weighted by molar-refractivity contribution is 14.0. The molecule has 0 unspecified atom stereocenters. The second-order valence-corrected chi connectivity index (χ2v) is 6.51. The summed E-state index contributed by atoms with van der Waals surface area (Å²) in [5, 5.41) is 7.68. The summed E-state index contributed by atoms with van der Waals surface area (Å²) in [4.78, 5) is 4.56. The van der Waals surface area contributed by atoms with Crippen LogP contribution in [0.3, 0.4) is 0 Å². The number of benzene rings is 1. The van der Waals surface area contributed by atoms with E-state index >= 15 is 0 Å². The molecule has 1 saturated carbocycles. The molecule has 1 fully saturated rings. The van der Waals surface area contributed by atoms with Gasteiger partial charge in [0.05, 0.1) is 13.1 Å². The quantitative estimate of drug-likeness (QED) is 0.314. The van der Waals surface area contributed by atoms with E-state index in [1.807, 2.05) is 23.0 Å². The summed E-state index contributed by atoms with van der Waals surface area (Å²) in [5.74, 6) is 0.566. The van der Waals surface area contributed by atoms with Crippen molar-refractivity contribution in [2.45, 2.75) is 57.7 Å². The Bertz CT molecular complexity index is 646. The third-order valence-corrected chi connectivity index (χ3v) is 4.64. The maximum atomic E-state index is 6.11. The molecule has 0 aliphatic heterocycles. The Hall–Kier alpha value is -1.57. The fourth-order valence-corrected chi connectivity index (χ4v) is 3.28. The zero-order chi connectivity index (χ0) is 16.6. The van der Waals surface area contributed by atoms with Crippen molar-refractivity contribution in [2.75, 3.05) is 0 Å². The molecule has 2 aromatic rings. The fraction of sp³-hybridized carbons (Fsp3) is 0.474. The first-order valence-electron chi connectivity index (χ1n) is 8.92. The SMILES string of the molecule is I.NC(=NCc1ccccc1Cn1cccn1)NC1CCCCCC1. The van der Waals surface area contributed by atoms with Crippen molar-refractivity contribution >= 4 is 29.9 Å². The highest BCUT2D eigenvalue weighted by atomic mass is 127. The van der Waals surface area contributed by atoms with Crippen molar-refractivity contribution in [3.05, 3.63) is 53.9 Å². The molecule has 3 N–H and O–H groups in total. The predicted octanol–water partition coefficient (Wildman–Crippen LogP) is 3.68. The van der Waals surface area contributed by atoms with Gasteiger partial charge in [-0.15, -0.1) is 24.0 Å². The van der Waals surface area contributed by atoms with Crippen molar-refractivity contribution in [1.82, 2.24) is 15.1 Å². The van der Waals surface area contributed by atoms with Gasteiger partial charge in [-0.25, -0.2) is 4.99 Å². The number of aliphatic imine (C=N–C) groups is 1. The minimum atomic E-state index is 0. The molecule has 1 heterocycles. The Labute approximate surface area is 167 Å². The number of rotatable bonds is 5. The first-order valence-corrected chi connectivity index (χ1v) is 8.92. The van der Waals surface area contributed by atoms with Crippen LogP contribution < -0.4 is 11.1 Å². The van der Waals surface area contributed by atoms with Crippen LogP contribution in [-0.4, -0.2) is 21.8 Å². The van der Waals surface area contributed by atoms with Gasteiger partial charge in [-0.2, -0.15) is 5.10 Å².